The van der Waals surface area contributed by atoms with E-state index in [0.717, 1.165) is 30.1 Å². The van der Waals surface area contributed by atoms with Gasteiger partial charge in [-0.25, -0.2) is 0 Å². The SMILES string of the molecule is C=C/C(O[C@H](CC)CCC(C)C)=C(C)/C=C\C. The third-order valence-corrected chi connectivity index (χ3v) is 2.81. The highest BCUT2D eigenvalue weighted by atomic mass is 16.5. The van der Waals surface area contributed by atoms with Crippen molar-refractivity contribution >= 4 is 0 Å². The molecule has 0 rings (SSSR count). The lowest BCUT2D eigenvalue weighted by Crippen LogP contribution is -2.12. The van der Waals surface area contributed by atoms with Gasteiger partial charge in [-0.3, -0.25) is 0 Å². The molecular weight excluding hydrogens is 208 g/mol. The second-order valence-corrected chi connectivity index (χ2v) is 4.87. The van der Waals surface area contributed by atoms with Crippen LogP contribution in [0.4, 0.5) is 0 Å². The number of hydrogen-bond donors (Lipinski definition) is 0. The average Bonchev–Trinajstić information content (AvgIpc) is 2.29. The van der Waals surface area contributed by atoms with Crippen LogP contribution in [-0.2, 0) is 4.74 Å². The minimum Gasteiger partial charge on any atom is -0.490 e. The fourth-order valence-corrected chi connectivity index (χ4v) is 1.68. The van der Waals surface area contributed by atoms with Crippen LogP contribution in [0.15, 0.2) is 36.1 Å². The van der Waals surface area contributed by atoms with E-state index < -0.39 is 0 Å². The quantitative estimate of drug-likeness (QED) is 0.413. The van der Waals surface area contributed by atoms with E-state index in [4.69, 9.17) is 4.74 Å². The van der Waals surface area contributed by atoms with E-state index in [2.05, 4.69) is 40.3 Å². The number of allylic oxidation sites excluding steroid dienone is 4. The smallest absolute Gasteiger partial charge is 0.122 e. The summed E-state index contributed by atoms with van der Waals surface area (Å²) in [7, 11) is 0. The lowest BCUT2D eigenvalue weighted by Gasteiger charge is -2.20. The molecule has 0 bridgehead atoms. The van der Waals surface area contributed by atoms with Crippen molar-refractivity contribution in [2.75, 3.05) is 0 Å². The Balaban J connectivity index is 4.51. The third-order valence-electron chi connectivity index (χ3n) is 2.81. The molecule has 0 aromatic heterocycles. The van der Waals surface area contributed by atoms with Gasteiger partial charge in [-0.05, 0) is 50.7 Å². The lowest BCUT2D eigenvalue weighted by atomic mass is 10.0. The van der Waals surface area contributed by atoms with Crippen molar-refractivity contribution in [1.82, 2.24) is 0 Å². The molecule has 0 aliphatic carbocycles. The van der Waals surface area contributed by atoms with Crippen LogP contribution in [0.25, 0.3) is 0 Å². The van der Waals surface area contributed by atoms with Crippen LogP contribution >= 0.6 is 0 Å². The van der Waals surface area contributed by atoms with Gasteiger partial charge in [0.2, 0.25) is 0 Å². The summed E-state index contributed by atoms with van der Waals surface area (Å²) in [6, 6.07) is 0. The Morgan fingerprint density at radius 3 is 2.35 bits per heavy atom. The van der Waals surface area contributed by atoms with Crippen molar-refractivity contribution in [2.45, 2.75) is 60.0 Å². The minimum absolute atomic E-state index is 0.311. The van der Waals surface area contributed by atoms with Gasteiger partial charge in [0, 0.05) is 0 Å². The first-order valence-electron chi connectivity index (χ1n) is 6.67. The third kappa shape index (κ3) is 7.04. The maximum absolute atomic E-state index is 6.02. The summed E-state index contributed by atoms with van der Waals surface area (Å²) < 4.78 is 6.02. The first kappa shape index (κ1) is 16.0. The molecule has 0 amide bonds. The molecule has 0 N–H and O–H groups in total. The van der Waals surface area contributed by atoms with E-state index in [1.165, 1.54) is 6.42 Å². The van der Waals surface area contributed by atoms with Gasteiger partial charge in [0.25, 0.3) is 0 Å². The number of ether oxygens (including phenoxy) is 1. The highest BCUT2D eigenvalue weighted by molar-refractivity contribution is 5.26. The highest BCUT2D eigenvalue weighted by Crippen LogP contribution is 2.18. The summed E-state index contributed by atoms with van der Waals surface area (Å²) in [5.41, 5.74) is 1.14. The lowest BCUT2D eigenvalue weighted by molar-refractivity contribution is 0.106. The minimum atomic E-state index is 0.311. The summed E-state index contributed by atoms with van der Waals surface area (Å²) in [5.74, 6) is 1.65. The van der Waals surface area contributed by atoms with Crippen molar-refractivity contribution in [2.24, 2.45) is 5.92 Å². The highest BCUT2D eigenvalue weighted by Gasteiger charge is 2.10. The largest absolute Gasteiger partial charge is 0.490 e. The molecule has 0 unspecified atom stereocenters. The fraction of sp³-hybridized carbons (Fsp3) is 0.625. The molecule has 0 saturated heterocycles. The molecule has 0 spiro atoms. The molecule has 17 heavy (non-hydrogen) atoms. The normalized spacial score (nSPS) is 14.9. The summed E-state index contributed by atoms with van der Waals surface area (Å²) in [6.45, 7) is 14.6. The fourth-order valence-electron chi connectivity index (χ4n) is 1.68. The topological polar surface area (TPSA) is 9.23 Å². The van der Waals surface area contributed by atoms with Crippen LogP contribution in [0.5, 0.6) is 0 Å². The molecule has 0 aliphatic rings. The molecule has 98 valence electrons. The molecule has 1 atom stereocenters. The Labute approximate surface area is 107 Å². The first-order chi connectivity index (χ1) is 8.04. The van der Waals surface area contributed by atoms with Gasteiger partial charge in [0.05, 0.1) is 6.10 Å². The van der Waals surface area contributed by atoms with Crippen LogP contribution in [0.1, 0.15) is 53.9 Å². The first-order valence-corrected chi connectivity index (χ1v) is 6.67. The van der Waals surface area contributed by atoms with Gasteiger partial charge in [-0.15, -0.1) is 0 Å². The Morgan fingerprint density at radius 2 is 1.94 bits per heavy atom. The van der Waals surface area contributed by atoms with Gasteiger partial charge in [-0.2, -0.15) is 0 Å². The molecule has 0 fully saturated rings. The van der Waals surface area contributed by atoms with Crippen molar-refractivity contribution < 1.29 is 4.74 Å². The van der Waals surface area contributed by atoms with Crippen LogP contribution < -0.4 is 0 Å². The number of rotatable bonds is 8. The predicted octanol–water partition coefficient (Wildman–Crippen LogP) is 5.25. The maximum atomic E-state index is 6.02. The molecular formula is C16H28O. The van der Waals surface area contributed by atoms with E-state index >= 15 is 0 Å². The molecule has 1 nitrogen and oxygen atoms in total. The molecule has 0 aliphatic heterocycles. The van der Waals surface area contributed by atoms with Gasteiger partial charge in [0.15, 0.2) is 0 Å². The monoisotopic (exact) mass is 236 g/mol. The zero-order valence-electron chi connectivity index (χ0n) is 12.1. The number of hydrogen-bond acceptors (Lipinski definition) is 1. The van der Waals surface area contributed by atoms with Crippen LogP contribution in [0.2, 0.25) is 0 Å². The van der Waals surface area contributed by atoms with E-state index in [1.54, 1.807) is 0 Å². The maximum Gasteiger partial charge on any atom is 0.122 e. The summed E-state index contributed by atoms with van der Waals surface area (Å²) in [4.78, 5) is 0. The van der Waals surface area contributed by atoms with Gasteiger partial charge in [0.1, 0.15) is 5.76 Å². The summed E-state index contributed by atoms with van der Waals surface area (Å²) in [5, 5.41) is 0. The van der Waals surface area contributed by atoms with Crippen LogP contribution in [0, 0.1) is 5.92 Å². The zero-order chi connectivity index (χ0) is 13.3. The standard InChI is InChI=1S/C16H28O/c1-7-10-14(6)16(9-3)17-15(8-2)12-11-13(4)5/h7,9-10,13,15H,3,8,11-12H2,1-2,4-6H3/b10-7-,16-14-/t15-/m1/s1. The Hall–Kier alpha value is -0.980. The predicted molar refractivity (Wildman–Crippen MR) is 76.9 cm³/mol. The van der Waals surface area contributed by atoms with Crippen molar-refractivity contribution in [3.63, 3.8) is 0 Å². The van der Waals surface area contributed by atoms with E-state index in [9.17, 15) is 0 Å². The van der Waals surface area contributed by atoms with Crippen LogP contribution in [0.3, 0.4) is 0 Å². The second-order valence-electron chi connectivity index (χ2n) is 4.87. The Bertz CT molecular complexity index is 271. The Morgan fingerprint density at radius 1 is 1.29 bits per heavy atom. The molecule has 0 saturated carbocycles. The van der Waals surface area contributed by atoms with Crippen molar-refractivity contribution in [3.8, 4) is 0 Å². The molecule has 0 aromatic rings. The molecule has 0 radical (unpaired) electrons. The van der Waals surface area contributed by atoms with Crippen molar-refractivity contribution in [1.29, 1.82) is 0 Å². The second kappa shape index (κ2) is 9.09. The summed E-state index contributed by atoms with van der Waals surface area (Å²) in [6.07, 6.45) is 9.59. The van der Waals surface area contributed by atoms with Gasteiger partial charge in [-0.1, -0.05) is 39.5 Å². The average molecular weight is 236 g/mol. The molecule has 0 aromatic carbocycles. The van der Waals surface area contributed by atoms with Crippen molar-refractivity contribution in [3.05, 3.63) is 36.1 Å². The van der Waals surface area contributed by atoms with E-state index in [1.807, 2.05) is 19.1 Å². The van der Waals surface area contributed by atoms with Crippen LogP contribution in [-0.4, -0.2) is 6.10 Å². The van der Waals surface area contributed by atoms with Gasteiger partial charge < -0.3 is 4.74 Å². The Kier molecular flexibility index (Phi) is 8.57. The summed E-state index contributed by atoms with van der Waals surface area (Å²) >= 11 is 0. The molecule has 0 heterocycles. The van der Waals surface area contributed by atoms with Gasteiger partial charge >= 0.3 is 0 Å². The van der Waals surface area contributed by atoms with E-state index in [0.29, 0.717) is 6.10 Å². The van der Waals surface area contributed by atoms with E-state index in [-0.39, 0.29) is 0 Å². The molecule has 1 heteroatoms. The zero-order valence-corrected chi connectivity index (χ0v) is 12.1.